The van der Waals surface area contributed by atoms with E-state index in [1.165, 1.54) is 11.1 Å². The third-order valence-corrected chi connectivity index (χ3v) is 4.40. The number of rotatable bonds is 6. The number of aromatic nitrogens is 1. The van der Waals surface area contributed by atoms with Crippen molar-refractivity contribution in [1.82, 2.24) is 9.88 Å². The van der Waals surface area contributed by atoms with E-state index >= 15 is 0 Å². The average Bonchev–Trinajstić information content (AvgIpc) is 2.59. The van der Waals surface area contributed by atoms with Crippen LogP contribution in [0.25, 0.3) is 0 Å². The van der Waals surface area contributed by atoms with Crippen LogP contribution >= 0.6 is 12.2 Å². The number of hydrogen-bond acceptors (Lipinski definition) is 3. The molecule has 2 aromatic rings. The van der Waals surface area contributed by atoms with Crippen molar-refractivity contribution in [2.75, 3.05) is 25.6 Å². The van der Waals surface area contributed by atoms with E-state index in [4.69, 9.17) is 17.0 Å². The molecule has 1 heterocycles. The molecule has 1 aromatic heterocycles. The number of nitrogens with one attached hydrogen (secondary N) is 1. The molecule has 5 heteroatoms. The van der Waals surface area contributed by atoms with Gasteiger partial charge >= 0.3 is 0 Å². The fraction of sp³-hybridized carbons (Fsp3) is 0.368. The summed E-state index contributed by atoms with van der Waals surface area (Å²) in [6.07, 6.45) is 3.66. The Labute approximate surface area is 149 Å². The number of thiocarbonyl (C=S) groups is 1. The highest BCUT2D eigenvalue weighted by molar-refractivity contribution is 7.80. The number of nitrogens with zero attached hydrogens (tertiary/aromatic N) is 2. The molecular formula is C19H25N3OS. The Kier molecular flexibility index (Phi) is 6.70. The van der Waals surface area contributed by atoms with Crippen molar-refractivity contribution < 1.29 is 4.74 Å². The minimum absolute atomic E-state index is 0.110. The zero-order valence-electron chi connectivity index (χ0n) is 14.7. The van der Waals surface area contributed by atoms with Gasteiger partial charge in [0.2, 0.25) is 0 Å². The number of pyridine rings is 1. The van der Waals surface area contributed by atoms with Gasteiger partial charge in [0.1, 0.15) is 0 Å². The first-order chi connectivity index (χ1) is 11.5. The van der Waals surface area contributed by atoms with Gasteiger partial charge in [-0.25, -0.2) is 0 Å². The number of hydrogen-bond donors (Lipinski definition) is 1. The van der Waals surface area contributed by atoms with Gasteiger partial charge in [-0.2, -0.15) is 0 Å². The maximum Gasteiger partial charge on any atom is 0.174 e. The molecule has 1 atom stereocenters. The van der Waals surface area contributed by atoms with Crippen molar-refractivity contribution in [1.29, 1.82) is 0 Å². The van der Waals surface area contributed by atoms with Crippen molar-refractivity contribution >= 4 is 23.0 Å². The monoisotopic (exact) mass is 343 g/mol. The molecule has 0 bridgehead atoms. The molecule has 0 spiro atoms. The first-order valence-electron chi connectivity index (χ1n) is 8.06. The lowest BCUT2D eigenvalue weighted by Gasteiger charge is -2.32. The standard InChI is InChI=1S/C19H25N3OS/c1-14-7-8-15(2)18(12-14)21-19(24)22(10-11-23-4)16(3)17-6-5-9-20-13-17/h5-9,12-13,16H,10-11H2,1-4H3,(H,21,24)/t16-/m1/s1. The van der Waals surface area contributed by atoms with Crippen LogP contribution in [0.2, 0.25) is 0 Å². The second-order valence-corrected chi connectivity index (χ2v) is 6.28. The van der Waals surface area contributed by atoms with Gasteiger partial charge in [-0.3, -0.25) is 4.98 Å². The molecule has 24 heavy (non-hydrogen) atoms. The largest absolute Gasteiger partial charge is 0.383 e. The van der Waals surface area contributed by atoms with Gasteiger partial charge in [0.15, 0.2) is 5.11 Å². The SMILES string of the molecule is COCCN(C(=S)Nc1cc(C)ccc1C)[C@H](C)c1cccnc1. The van der Waals surface area contributed by atoms with E-state index in [0.29, 0.717) is 18.3 Å². The van der Waals surface area contributed by atoms with Gasteiger partial charge < -0.3 is 15.0 Å². The third kappa shape index (κ3) is 4.76. The fourth-order valence-corrected chi connectivity index (χ4v) is 2.88. The van der Waals surface area contributed by atoms with E-state index < -0.39 is 0 Å². The second-order valence-electron chi connectivity index (χ2n) is 5.90. The highest BCUT2D eigenvalue weighted by atomic mass is 32.1. The Morgan fingerprint density at radius 1 is 1.33 bits per heavy atom. The summed E-state index contributed by atoms with van der Waals surface area (Å²) in [6, 6.07) is 10.4. The van der Waals surface area contributed by atoms with Gasteiger partial charge in [-0.1, -0.05) is 18.2 Å². The predicted molar refractivity (Wildman–Crippen MR) is 103 cm³/mol. The Bertz CT molecular complexity index is 676. The van der Waals surface area contributed by atoms with Crippen LogP contribution in [0.3, 0.4) is 0 Å². The smallest absolute Gasteiger partial charge is 0.174 e. The fourth-order valence-electron chi connectivity index (χ4n) is 2.52. The summed E-state index contributed by atoms with van der Waals surface area (Å²) in [6.45, 7) is 7.61. The molecule has 0 saturated carbocycles. The number of benzene rings is 1. The van der Waals surface area contributed by atoms with E-state index in [0.717, 1.165) is 11.3 Å². The van der Waals surface area contributed by atoms with Crippen LogP contribution in [0, 0.1) is 13.8 Å². The number of methoxy groups -OCH3 is 1. The lowest BCUT2D eigenvalue weighted by atomic mass is 10.1. The molecule has 1 N–H and O–H groups in total. The predicted octanol–water partition coefficient (Wildman–Crippen LogP) is 4.10. The third-order valence-electron chi connectivity index (χ3n) is 4.07. The van der Waals surface area contributed by atoms with Crippen LogP contribution < -0.4 is 5.32 Å². The van der Waals surface area contributed by atoms with Crippen molar-refractivity contribution in [3.8, 4) is 0 Å². The Hall–Kier alpha value is -1.98. The topological polar surface area (TPSA) is 37.4 Å². The maximum atomic E-state index is 5.69. The zero-order valence-corrected chi connectivity index (χ0v) is 15.6. The molecule has 0 radical (unpaired) electrons. The van der Waals surface area contributed by atoms with Crippen LogP contribution in [0.4, 0.5) is 5.69 Å². The van der Waals surface area contributed by atoms with Crippen LogP contribution in [0.15, 0.2) is 42.7 Å². The summed E-state index contributed by atoms with van der Waals surface area (Å²) in [5, 5.41) is 4.08. The molecule has 0 aliphatic heterocycles. The summed E-state index contributed by atoms with van der Waals surface area (Å²) in [7, 11) is 1.70. The summed E-state index contributed by atoms with van der Waals surface area (Å²) in [5.74, 6) is 0. The molecule has 0 amide bonds. The number of ether oxygens (including phenoxy) is 1. The summed E-state index contributed by atoms with van der Waals surface area (Å²) in [4.78, 5) is 6.35. The first kappa shape index (κ1) is 18.4. The molecule has 0 aliphatic rings. The van der Waals surface area contributed by atoms with Crippen LogP contribution in [-0.4, -0.2) is 35.3 Å². The Morgan fingerprint density at radius 2 is 2.12 bits per heavy atom. The van der Waals surface area contributed by atoms with Gasteiger partial charge in [0.25, 0.3) is 0 Å². The van der Waals surface area contributed by atoms with Gasteiger partial charge in [-0.05, 0) is 61.8 Å². The summed E-state index contributed by atoms with van der Waals surface area (Å²) in [5.41, 5.74) is 4.54. The summed E-state index contributed by atoms with van der Waals surface area (Å²) >= 11 is 5.69. The molecule has 0 fully saturated rings. The highest BCUT2D eigenvalue weighted by Crippen LogP contribution is 2.22. The number of anilines is 1. The minimum Gasteiger partial charge on any atom is -0.383 e. The average molecular weight is 343 g/mol. The first-order valence-corrected chi connectivity index (χ1v) is 8.47. The van der Waals surface area contributed by atoms with Crippen LogP contribution in [-0.2, 0) is 4.74 Å². The highest BCUT2D eigenvalue weighted by Gasteiger charge is 2.19. The minimum atomic E-state index is 0.110. The van der Waals surface area contributed by atoms with E-state index in [1.54, 1.807) is 13.3 Å². The molecule has 0 saturated heterocycles. The second kappa shape index (κ2) is 8.76. The lowest BCUT2D eigenvalue weighted by Crippen LogP contribution is -2.39. The van der Waals surface area contributed by atoms with Crippen molar-refractivity contribution in [3.63, 3.8) is 0 Å². The van der Waals surface area contributed by atoms with Gasteiger partial charge in [0.05, 0.1) is 12.6 Å². The van der Waals surface area contributed by atoms with Crippen molar-refractivity contribution in [2.45, 2.75) is 26.8 Å². The molecular weight excluding hydrogens is 318 g/mol. The molecule has 128 valence electrons. The van der Waals surface area contributed by atoms with Crippen molar-refractivity contribution in [3.05, 3.63) is 59.4 Å². The van der Waals surface area contributed by atoms with Gasteiger partial charge in [-0.15, -0.1) is 0 Å². The molecule has 4 nitrogen and oxygen atoms in total. The Balaban J connectivity index is 2.20. The van der Waals surface area contributed by atoms with E-state index in [1.807, 2.05) is 12.3 Å². The van der Waals surface area contributed by atoms with Gasteiger partial charge in [0, 0.05) is 31.7 Å². The van der Waals surface area contributed by atoms with Crippen LogP contribution in [0.5, 0.6) is 0 Å². The quantitative estimate of drug-likeness (QED) is 0.799. The maximum absolute atomic E-state index is 5.69. The lowest BCUT2D eigenvalue weighted by molar-refractivity contribution is 0.165. The normalized spacial score (nSPS) is 11.8. The van der Waals surface area contributed by atoms with Crippen molar-refractivity contribution in [2.24, 2.45) is 0 Å². The number of aryl methyl sites for hydroxylation is 2. The molecule has 2 rings (SSSR count). The Morgan fingerprint density at radius 3 is 2.79 bits per heavy atom. The molecule has 1 aromatic carbocycles. The van der Waals surface area contributed by atoms with E-state index in [2.05, 4.69) is 60.2 Å². The van der Waals surface area contributed by atoms with Crippen LogP contribution in [0.1, 0.15) is 29.7 Å². The summed E-state index contributed by atoms with van der Waals surface area (Å²) < 4.78 is 5.26. The molecule has 0 aliphatic carbocycles. The van der Waals surface area contributed by atoms with E-state index in [9.17, 15) is 0 Å². The molecule has 0 unspecified atom stereocenters. The van der Waals surface area contributed by atoms with E-state index in [-0.39, 0.29) is 6.04 Å². The zero-order chi connectivity index (χ0) is 17.5.